The van der Waals surface area contributed by atoms with Crippen molar-refractivity contribution in [3.8, 4) is 0 Å². The number of fused-ring (bicyclic) bond motifs is 1. The van der Waals surface area contributed by atoms with Gasteiger partial charge in [-0.1, -0.05) is 0 Å². The van der Waals surface area contributed by atoms with Crippen LogP contribution in [0.2, 0.25) is 0 Å². The van der Waals surface area contributed by atoms with Gasteiger partial charge in [0, 0.05) is 20.3 Å². The Morgan fingerprint density at radius 3 is 2.41 bits per heavy atom. The van der Waals surface area contributed by atoms with Gasteiger partial charge in [0.2, 0.25) is 0 Å². The van der Waals surface area contributed by atoms with E-state index in [1.807, 2.05) is 0 Å². The summed E-state index contributed by atoms with van der Waals surface area (Å²) in [6.07, 6.45) is 1.65. The van der Waals surface area contributed by atoms with E-state index in [2.05, 4.69) is 5.32 Å². The Kier molecular flexibility index (Phi) is 4.59. The fourth-order valence-electron chi connectivity index (χ4n) is 2.63. The summed E-state index contributed by atoms with van der Waals surface area (Å²) in [4.78, 5) is 60.5. The Labute approximate surface area is 153 Å². The molecule has 2 aromatic rings. The lowest BCUT2D eigenvalue weighted by Crippen LogP contribution is -2.35. The summed E-state index contributed by atoms with van der Waals surface area (Å²) in [5.41, 5.74) is 0.595. The van der Waals surface area contributed by atoms with Gasteiger partial charge in [-0.3, -0.25) is 29.4 Å². The van der Waals surface area contributed by atoms with Crippen LogP contribution < -0.4 is 5.32 Å². The van der Waals surface area contributed by atoms with Crippen LogP contribution in [-0.2, 0) is 16.6 Å². The Hall–Kier alpha value is -3.75. The predicted molar refractivity (Wildman–Crippen MR) is 91.0 cm³/mol. The van der Waals surface area contributed by atoms with Crippen molar-refractivity contribution >= 4 is 29.6 Å². The predicted octanol–water partition coefficient (Wildman–Crippen LogP) is 0.364. The van der Waals surface area contributed by atoms with Crippen molar-refractivity contribution in [1.82, 2.24) is 14.8 Å². The van der Waals surface area contributed by atoms with Gasteiger partial charge in [0.15, 0.2) is 6.61 Å². The minimum atomic E-state index is -0.853. The van der Waals surface area contributed by atoms with Crippen LogP contribution >= 0.6 is 0 Å². The molecule has 9 nitrogen and oxygen atoms in total. The number of ether oxygens (including phenoxy) is 1. The van der Waals surface area contributed by atoms with Gasteiger partial charge in [-0.25, -0.2) is 4.79 Å². The maximum atomic E-state index is 12.1. The third kappa shape index (κ3) is 3.34. The molecule has 0 fully saturated rings. The highest BCUT2D eigenvalue weighted by atomic mass is 16.5. The monoisotopic (exact) mass is 369 g/mol. The highest BCUT2D eigenvalue weighted by molar-refractivity contribution is 6.21. The second-order valence-electron chi connectivity index (χ2n) is 5.89. The number of carbonyl (C=O) groups is 5. The summed E-state index contributed by atoms with van der Waals surface area (Å²) in [5.74, 6) is -3.23. The highest BCUT2D eigenvalue weighted by Crippen LogP contribution is 2.23. The smallest absolute Gasteiger partial charge is 0.338 e. The normalized spacial score (nSPS) is 12.7. The Balaban J connectivity index is 1.61. The fourth-order valence-corrected chi connectivity index (χ4v) is 2.63. The van der Waals surface area contributed by atoms with E-state index in [-0.39, 0.29) is 22.4 Å². The average Bonchev–Trinajstić information content (AvgIpc) is 3.17. The molecule has 9 heteroatoms. The van der Waals surface area contributed by atoms with E-state index in [4.69, 9.17) is 4.74 Å². The molecule has 0 spiro atoms. The van der Waals surface area contributed by atoms with Crippen LogP contribution in [0.25, 0.3) is 0 Å². The van der Waals surface area contributed by atoms with Crippen molar-refractivity contribution in [3.05, 3.63) is 58.9 Å². The van der Waals surface area contributed by atoms with E-state index < -0.39 is 36.2 Å². The van der Waals surface area contributed by atoms with Crippen molar-refractivity contribution in [2.75, 3.05) is 13.7 Å². The number of aromatic nitrogens is 1. The summed E-state index contributed by atoms with van der Waals surface area (Å²) < 4.78 is 6.40. The number of rotatable bonds is 4. The number of aryl methyl sites for hydroxylation is 1. The lowest BCUT2D eigenvalue weighted by molar-refractivity contribution is -0.123. The van der Waals surface area contributed by atoms with Crippen molar-refractivity contribution < 1.29 is 28.7 Å². The number of esters is 1. The molecule has 0 radical (unpaired) electrons. The van der Waals surface area contributed by atoms with Crippen molar-refractivity contribution in [2.45, 2.75) is 0 Å². The highest BCUT2D eigenvalue weighted by Gasteiger charge is 2.33. The van der Waals surface area contributed by atoms with E-state index in [0.29, 0.717) is 0 Å². The lowest BCUT2D eigenvalue weighted by atomic mass is 10.1. The van der Waals surface area contributed by atoms with E-state index in [1.54, 1.807) is 19.3 Å². The van der Waals surface area contributed by atoms with Gasteiger partial charge < -0.3 is 9.30 Å². The standard InChI is InChI=1S/C18H15N3O6/c1-20-7-3-4-13(20)15(23)19-14(22)9-27-18(26)10-5-6-11-12(8-10)17(25)21(2)16(11)24/h3-8H,9H2,1-2H3,(H,19,22,23). The first-order valence-corrected chi connectivity index (χ1v) is 7.88. The maximum absolute atomic E-state index is 12.1. The lowest BCUT2D eigenvalue weighted by Gasteiger charge is -2.07. The van der Waals surface area contributed by atoms with Gasteiger partial charge in [0.1, 0.15) is 5.69 Å². The molecule has 0 saturated heterocycles. The van der Waals surface area contributed by atoms with Crippen molar-refractivity contribution in [2.24, 2.45) is 7.05 Å². The molecule has 0 unspecified atom stereocenters. The molecule has 0 aliphatic carbocycles. The zero-order valence-corrected chi connectivity index (χ0v) is 14.5. The quantitative estimate of drug-likeness (QED) is 0.615. The molecule has 4 amide bonds. The number of nitrogens with one attached hydrogen (secondary N) is 1. The first kappa shape index (κ1) is 18.1. The van der Waals surface area contributed by atoms with E-state index in [9.17, 15) is 24.0 Å². The maximum Gasteiger partial charge on any atom is 0.338 e. The Morgan fingerprint density at radius 1 is 1.04 bits per heavy atom. The zero-order chi connectivity index (χ0) is 19.7. The van der Waals surface area contributed by atoms with Gasteiger partial charge in [-0.2, -0.15) is 0 Å². The molecule has 0 atom stereocenters. The number of nitrogens with zero attached hydrogens (tertiary/aromatic N) is 2. The van der Waals surface area contributed by atoms with E-state index >= 15 is 0 Å². The average molecular weight is 369 g/mol. The molecule has 1 aromatic heterocycles. The number of hydrogen-bond acceptors (Lipinski definition) is 6. The number of imide groups is 2. The third-order valence-electron chi connectivity index (χ3n) is 4.09. The number of carbonyl (C=O) groups excluding carboxylic acids is 5. The molecule has 0 saturated carbocycles. The Bertz CT molecular complexity index is 991. The van der Waals surface area contributed by atoms with Crippen LogP contribution in [0.3, 0.4) is 0 Å². The largest absolute Gasteiger partial charge is 0.452 e. The summed E-state index contributed by atoms with van der Waals surface area (Å²) >= 11 is 0. The Morgan fingerprint density at radius 2 is 1.74 bits per heavy atom. The van der Waals surface area contributed by atoms with E-state index in [0.717, 1.165) is 4.90 Å². The minimum absolute atomic E-state index is 0.0201. The van der Waals surface area contributed by atoms with Gasteiger partial charge >= 0.3 is 5.97 Å². The number of amides is 4. The number of hydrogen-bond donors (Lipinski definition) is 1. The van der Waals surface area contributed by atoms with Crippen LogP contribution in [0.5, 0.6) is 0 Å². The van der Waals surface area contributed by atoms with Crippen molar-refractivity contribution in [3.63, 3.8) is 0 Å². The molecular formula is C18H15N3O6. The second kappa shape index (κ2) is 6.87. The van der Waals surface area contributed by atoms with Gasteiger partial charge in [-0.15, -0.1) is 0 Å². The first-order chi connectivity index (χ1) is 12.8. The summed E-state index contributed by atoms with van der Waals surface area (Å²) in [5, 5.41) is 2.11. The molecular weight excluding hydrogens is 354 g/mol. The summed E-state index contributed by atoms with van der Waals surface area (Å²) in [6.45, 7) is -0.668. The van der Waals surface area contributed by atoms with Gasteiger partial charge in [-0.05, 0) is 30.3 Å². The van der Waals surface area contributed by atoms with Gasteiger partial charge in [0.05, 0.1) is 16.7 Å². The molecule has 2 heterocycles. The first-order valence-electron chi connectivity index (χ1n) is 7.88. The van der Waals surface area contributed by atoms with Crippen LogP contribution in [0.1, 0.15) is 41.6 Å². The van der Waals surface area contributed by atoms with Crippen LogP contribution in [0.15, 0.2) is 36.5 Å². The van der Waals surface area contributed by atoms with Crippen LogP contribution in [0, 0.1) is 0 Å². The SMILES string of the molecule is CN1C(=O)c2ccc(C(=O)OCC(=O)NC(=O)c3cccn3C)cc2C1=O. The number of benzene rings is 1. The molecule has 1 aliphatic heterocycles. The van der Waals surface area contributed by atoms with Gasteiger partial charge in [0.25, 0.3) is 23.6 Å². The molecule has 3 rings (SSSR count). The zero-order valence-electron chi connectivity index (χ0n) is 14.5. The topological polar surface area (TPSA) is 115 Å². The molecule has 1 aliphatic rings. The molecule has 138 valence electrons. The molecule has 1 N–H and O–H groups in total. The summed E-state index contributed by atoms with van der Waals surface area (Å²) in [7, 11) is 2.99. The van der Waals surface area contributed by atoms with E-state index in [1.165, 1.54) is 35.9 Å². The molecule has 1 aromatic carbocycles. The minimum Gasteiger partial charge on any atom is -0.452 e. The van der Waals surface area contributed by atoms with Crippen LogP contribution in [0.4, 0.5) is 0 Å². The van der Waals surface area contributed by atoms with Crippen LogP contribution in [-0.4, -0.2) is 52.7 Å². The third-order valence-corrected chi connectivity index (χ3v) is 4.09. The fraction of sp³-hybridized carbons (Fsp3) is 0.167. The molecule has 0 bridgehead atoms. The van der Waals surface area contributed by atoms with Crippen molar-refractivity contribution in [1.29, 1.82) is 0 Å². The summed E-state index contributed by atoms with van der Waals surface area (Å²) in [6, 6.07) is 7.12. The second-order valence-corrected chi connectivity index (χ2v) is 5.89. The molecule has 27 heavy (non-hydrogen) atoms.